The number of rotatable bonds is 6. The lowest BCUT2D eigenvalue weighted by Crippen LogP contribution is -2.28. The lowest BCUT2D eigenvalue weighted by molar-refractivity contribution is 0.0592. The van der Waals surface area contributed by atoms with Crippen molar-refractivity contribution in [3.05, 3.63) is 95.8 Å². The van der Waals surface area contributed by atoms with Crippen molar-refractivity contribution in [2.75, 3.05) is 7.11 Å². The van der Waals surface area contributed by atoms with Gasteiger partial charge in [0, 0.05) is 5.56 Å². The van der Waals surface area contributed by atoms with E-state index in [4.69, 9.17) is 14.5 Å². The molecule has 2 aromatic heterocycles. The fourth-order valence-electron chi connectivity index (χ4n) is 3.56. The second kappa shape index (κ2) is 9.34. The maximum atomic E-state index is 12.4. The molecule has 32 heavy (non-hydrogen) atoms. The van der Waals surface area contributed by atoms with Gasteiger partial charge in [-0.15, -0.1) is 0 Å². The highest BCUT2D eigenvalue weighted by molar-refractivity contribution is 5.89. The van der Waals surface area contributed by atoms with E-state index in [0.29, 0.717) is 22.7 Å². The van der Waals surface area contributed by atoms with Gasteiger partial charge in [0.15, 0.2) is 0 Å². The van der Waals surface area contributed by atoms with E-state index in [1.54, 1.807) is 16.5 Å². The first kappa shape index (κ1) is 21.1. The Morgan fingerprint density at radius 1 is 0.969 bits per heavy atom. The maximum absolute atomic E-state index is 12.4. The van der Waals surface area contributed by atoms with Crippen LogP contribution in [0.15, 0.2) is 78.9 Å². The topological polar surface area (TPSA) is 81.9 Å². The Balaban J connectivity index is 1.68. The number of pyridine rings is 1. The van der Waals surface area contributed by atoms with Crippen molar-refractivity contribution in [1.82, 2.24) is 14.7 Å². The number of hydrogen-bond acceptors (Lipinski definition) is 5. The van der Waals surface area contributed by atoms with Crippen LogP contribution in [-0.2, 0) is 16.1 Å². The van der Waals surface area contributed by atoms with Crippen LogP contribution in [0.3, 0.4) is 0 Å². The van der Waals surface area contributed by atoms with Crippen LogP contribution in [0.4, 0.5) is 4.79 Å². The van der Waals surface area contributed by atoms with Gasteiger partial charge in [0.1, 0.15) is 17.9 Å². The van der Waals surface area contributed by atoms with Gasteiger partial charge in [-0.2, -0.15) is 0 Å². The van der Waals surface area contributed by atoms with Gasteiger partial charge in [0.2, 0.25) is 0 Å². The molecule has 1 atom stereocenters. The molecule has 0 radical (unpaired) electrons. The number of nitrogens with zero attached hydrogens (tertiary/aromatic N) is 2. The molecule has 0 saturated carbocycles. The second-order valence-electron chi connectivity index (χ2n) is 7.24. The molecular weight excluding hydrogens is 406 g/mol. The van der Waals surface area contributed by atoms with Gasteiger partial charge in [-0.1, -0.05) is 66.7 Å². The summed E-state index contributed by atoms with van der Waals surface area (Å²) in [6, 6.07) is 23.8. The van der Waals surface area contributed by atoms with Gasteiger partial charge in [0.05, 0.1) is 24.5 Å². The average Bonchev–Trinajstić information content (AvgIpc) is 3.23. The van der Waals surface area contributed by atoms with Crippen LogP contribution in [0.1, 0.15) is 34.7 Å². The minimum atomic E-state index is -0.550. The quantitative estimate of drug-likeness (QED) is 0.446. The molecule has 7 nitrogen and oxygen atoms in total. The molecular formula is C25H23N3O4. The third-order valence-electron chi connectivity index (χ3n) is 5.07. The first-order valence-electron chi connectivity index (χ1n) is 10.2. The molecule has 2 heterocycles. The number of nitrogens with one attached hydrogen (secondary N) is 1. The number of aromatic nitrogens is 2. The Kier molecular flexibility index (Phi) is 6.17. The number of esters is 1. The molecule has 1 N–H and O–H groups in total. The van der Waals surface area contributed by atoms with Crippen LogP contribution in [-0.4, -0.2) is 28.6 Å². The third kappa shape index (κ3) is 4.32. The highest BCUT2D eigenvalue weighted by Gasteiger charge is 2.24. The highest BCUT2D eigenvalue weighted by Crippen LogP contribution is 2.30. The molecule has 0 spiro atoms. The van der Waals surface area contributed by atoms with E-state index in [0.717, 1.165) is 11.1 Å². The summed E-state index contributed by atoms with van der Waals surface area (Å²) in [5, 5.41) is 2.85. The predicted octanol–water partition coefficient (Wildman–Crippen LogP) is 4.78. The SMILES string of the molecule is COC(=O)c1cccc2nc(C(C)NC(=O)OCc3ccccc3)c(-c3ccccc3)n12. The van der Waals surface area contributed by atoms with Crippen molar-refractivity contribution in [2.24, 2.45) is 0 Å². The van der Waals surface area contributed by atoms with E-state index in [-0.39, 0.29) is 6.61 Å². The number of alkyl carbamates (subject to hydrolysis) is 1. The summed E-state index contributed by atoms with van der Waals surface area (Å²) in [6.07, 6.45) is -0.550. The largest absolute Gasteiger partial charge is 0.464 e. The fourth-order valence-corrected chi connectivity index (χ4v) is 3.56. The van der Waals surface area contributed by atoms with Crippen molar-refractivity contribution in [3.63, 3.8) is 0 Å². The Morgan fingerprint density at radius 3 is 2.34 bits per heavy atom. The summed E-state index contributed by atoms with van der Waals surface area (Å²) in [6.45, 7) is 2.00. The summed E-state index contributed by atoms with van der Waals surface area (Å²) in [5.41, 5.74) is 4.00. The van der Waals surface area contributed by atoms with E-state index < -0.39 is 18.1 Å². The molecule has 1 unspecified atom stereocenters. The number of fused-ring (bicyclic) bond motifs is 1. The molecule has 4 rings (SSSR count). The number of amides is 1. The average molecular weight is 429 g/mol. The Bertz CT molecular complexity index is 1240. The number of imidazole rings is 1. The number of carbonyl (C=O) groups excluding carboxylic acids is 2. The molecule has 2 aromatic carbocycles. The summed E-state index contributed by atoms with van der Waals surface area (Å²) in [5.74, 6) is -0.473. The summed E-state index contributed by atoms with van der Waals surface area (Å²) < 4.78 is 12.1. The zero-order valence-electron chi connectivity index (χ0n) is 17.8. The van der Waals surface area contributed by atoms with Gasteiger partial charge in [-0.05, 0) is 24.6 Å². The molecule has 1 amide bonds. The van der Waals surface area contributed by atoms with Crippen molar-refractivity contribution in [3.8, 4) is 11.3 Å². The van der Waals surface area contributed by atoms with Crippen molar-refractivity contribution >= 4 is 17.7 Å². The van der Waals surface area contributed by atoms with Crippen LogP contribution < -0.4 is 5.32 Å². The molecule has 0 aliphatic heterocycles. The second-order valence-corrected chi connectivity index (χ2v) is 7.24. The minimum Gasteiger partial charge on any atom is -0.464 e. The molecule has 0 saturated heterocycles. The summed E-state index contributed by atoms with van der Waals surface area (Å²) >= 11 is 0. The van der Waals surface area contributed by atoms with E-state index in [1.807, 2.05) is 73.7 Å². The van der Waals surface area contributed by atoms with Crippen molar-refractivity contribution in [1.29, 1.82) is 0 Å². The first-order valence-corrected chi connectivity index (χ1v) is 10.2. The van der Waals surface area contributed by atoms with Crippen LogP contribution in [0.2, 0.25) is 0 Å². The van der Waals surface area contributed by atoms with E-state index >= 15 is 0 Å². The first-order chi connectivity index (χ1) is 15.6. The zero-order chi connectivity index (χ0) is 22.5. The number of hydrogen-bond donors (Lipinski definition) is 1. The molecule has 0 aliphatic carbocycles. The van der Waals surface area contributed by atoms with Crippen molar-refractivity contribution in [2.45, 2.75) is 19.6 Å². The molecule has 0 fully saturated rings. The normalized spacial score (nSPS) is 11.7. The van der Waals surface area contributed by atoms with Gasteiger partial charge >= 0.3 is 12.1 Å². The van der Waals surface area contributed by atoms with Gasteiger partial charge in [0.25, 0.3) is 0 Å². The summed E-state index contributed by atoms with van der Waals surface area (Å²) in [4.78, 5) is 29.6. The zero-order valence-corrected chi connectivity index (χ0v) is 17.8. The standard InChI is InChI=1S/C25H23N3O4/c1-17(26-25(30)32-16-18-10-5-3-6-11-18)22-23(19-12-7-4-8-13-19)28-20(24(29)31-2)14-9-15-21(28)27-22/h3-15,17H,16H2,1-2H3,(H,26,30). The summed E-state index contributed by atoms with van der Waals surface area (Å²) in [7, 11) is 1.34. The Morgan fingerprint density at radius 2 is 1.66 bits per heavy atom. The molecule has 7 heteroatoms. The highest BCUT2D eigenvalue weighted by atomic mass is 16.5. The Labute approximate surface area is 185 Å². The monoisotopic (exact) mass is 429 g/mol. The van der Waals surface area contributed by atoms with E-state index in [1.165, 1.54) is 7.11 Å². The predicted molar refractivity (Wildman–Crippen MR) is 120 cm³/mol. The van der Waals surface area contributed by atoms with E-state index in [2.05, 4.69) is 5.32 Å². The lowest BCUT2D eigenvalue weighted by Gasteiger charge is -2.15. The number of methoxy groups -OCH3 is 1. The van der Waals surface area contributed by atoms with Crippen LogP contribution in [0.25, 0.3) is 16.9 Å². The number of carbonyl (C=O) groups is 2. The van der Waals surface area contributed by atoms with Gasteiger partial charge in [-0.25, -0.2) is 14.6 Å². The maximum Gasteiger partial charge on any atom is 0.407 e. The molecule has 4 aromatic rings. The lowest BCUT2D eigenvalue weighted by atomic mass is 10.1. The molecule has 0 bridgehead atoms. The van der Waals surface area contributed by atoms with Crippen molar-refractivity contribution < 1.29 is 19.1 Å². The van der Waals surface area contributed by atoms with E-state index in [9.17, 15) is 9.59 Å². The fraction of sp³-hybridized carbons (Fsp3) is 0.160. The number of benzene rings is 2. The molecule has 162 valence electrons. The molecule has 0 aliphatic rings. The van der Waals surface area contributed by atoms with Gasteiger partial charge < -0.3 is 14.8 Å². The number of ether oxygens (including phenoxy) is 2. The smallest absolute Gasteiger partial charge is 0.407 e. The van der Waals surface area contributed by atoms with Crippen LogP contribution in [0, 0.1) is 0 Å². The minimum absolute atomic E-state index is 0.169. The Hall–Kier alpha value is -4.13. The van der Waals surface area contributed by atoms with Gasteiger partial charge in [-0.3, -0.25) is 4.40 Å². The van der Waals surface area contributed by atoms with Crippen LogP contribution in [0.5, 0.6) is 0 Å². The van der Waals surface area contributed by atoms with Crippen LogP contribution >= 0.6 is 0 Å². The third-order valence-corrected chi connectivity index (χ3v) is 5.07.